The molecule has 4 nitrogen and oxygen atoms in total. The van der Waals surface area contributed by atoms with Crippen molar-refractivity contribution < 1.29 is 9.53 Å². The Morgan fingerprint density at radius 3 is 2.90 bits per heavy atom. The third kappa shape index (κ3) is 4.51. The Hall–Kier alpha value is -1.99. The van der Waals surface area contributed by atoms with E-state index >= 15 is 0 Å². The molecule has 1 fully saturated rings. The average Bonchev–Trinajstić information content (AvgIpc) is 3.28. The van der Waals surface area contributed by atoms with E-state index < -0.39 is 0 Å². The molecule has 1 aliphatic carbocycles. The Labute approximate surface area is 126 Å². The van der Waals surface area contributed by atoms with E-state index in [-0.39, 0.29) is 18.5 Å². The topological polar surface area (TPSA) is 64.3 Å². The summed E-state index contributed by atoms with van der Waals surface area (Å²) in [7, 11) is 1.58. The van der Waals surface area contributed by atoms with Crippen LogP contribution in [0.1, 0.15) is 42.1 Å². The molecule has 0 aromatic heterocycles. The highest BCUT2D eigenvalue weighted by molar-refractivity contribution is 5.95. The predicted octanol–water partition coefficient (Wildman–Crippen LogP) is 1.92. The summed E-state index contributed by atoms with van der Waals surface area (Å²) in [5.74, 6) is 7.10. The van der Waals surface area contributed by atoms with Crippen LogP contribution in [0.2, 0.25) is 0 Å². The summed E-state index contributed by atoms with van der Waals surface area (Å²) in [6.45, 7) is 2.33. The van der Waals surface area contributed by atoms with Crippen molar-refractivity contribution in [2.75, 3.05) is 13.7 Å². The first-order valence-electron chi connectivity index (χ1n) is 7.32. The lowest BCUT2D eigenvalue weighted by atomic mass is 10.1. The fourth-order valence-corrected chi connectivity index (χ4v) is 2.31. The average molecular weight is 286 g/mol. The van der Waals surface area contributed by atoms with E-state index in [1.165, 1.54) is 12.8 Å². The van der Waals surface area contributed by atoms with Crippen molar-refractivity contribution in [1.29, 1.82) is 0 Å². The van der Waals surface area contributed by atoms with Gasteiger partial charge in [0, 0.05) is 11.6 Å². The van der Waals surface area contributed by atoms with Crippen LogP contribution < -0.4 is 15.8 Å². The highest BCUT2D eigenvalue weighted by atomic mass is 16.5. The first-order chi connectivity index (χ1) is 10.1. The minimum absolute atomic E-state index is 0.0680. The van der Waals surface area contributed by atoms with Crippen LogP contribution in [0.5, 0.6) is 5.75 Å². The molecular formula is C17H22N2O2. The van der Waals surface area contributed by atoms with Crippen molar-refractivity contribution in [3.8, 4) is 17.6 Å². The fourth-order valence-electron chi connectivity index (χ4n) is 2.31. The molecule has 1 unspecified atom stereocenters. The molecule has 0 heterocycles. The van der Waals surface area contributed by atoms with Crippen LogP contribution in [-0.2, 0) is 0 Å². The molecule has 112 valence electrons. The molecule has 4 heteroatoms. The first kappa shape index (κ1) is 15.4. The summed E-state index contributed by atoms with van der Waals surface area (Å²) < 4.78 is 5.24. The van der Waals surface area contributed by atoms with E-state index in [1.807, 2.05) is 0 Å². The van der Waals surface area contributed by atoms with Gasteiger partial charge >= 0.3 is 0 Å². The zero-order valence-corrected chi connectivity index (χ0v) is 12.6. The van der Waals surface area contributed by atoms with Crippen molar-refractivity contribution >= 4 is 5.91 Å². The van der Waals surface area contributed by atoms with Crippen molar-refractivity contribution in [3.05, 3.63) is 29.3 Å². The first-order valence-corrected chi connectivity index (χ1v) is 7.32. The number of hydrogen-bond acceptors (Lipinski definition) is 3. The van der Waals surface area contributed by atoms with Gasteiger partial charge < -0.3 is 15.8 Å². The number of carbonyl (C=O) groups is 1. The van der Waals surface area contributed by atoms with E-state index in [2.05, 4.69) is 24.1 Å². The minimum Gasteiger partial charge on any atom is -0.495 e. The smallest absolute Gasteiger partial charge is 0.251 e. The molecular weight excluding hydrogens is 264 g/mol. The van der Waals surface area contributed by atoms with Gasteiger partial charge in [0.15, 0.2) is 0 Å². The second kappa shape index (κ2) is 7.14. The fraction of sp³-hybridized carbons (Fsp3) is 0.471. The van der Waals surface area contributed by atoms with E-state index in [4.69, 9.17) is 10.5 Å². The normalized spacial score (nSPS) is 14.8. The number of hydrogen-bond donors (Lipinski definition) is 2. The quantitative estimate of drug-likeness (QED) is 0.813. The van der Waals surface area contributed by atoms with Gasteiger partial charge in [0.05, 0.1) is 19.2 Å². The van der Waals surface area contributed by atoms with Crippen molar-refractivity contribution in [1.82, 2.24) is 5.32 Å². The molecule has 0 saturated heterocycles. The maximum absolute atomic E-state index is 12.3. The summed E-state index contributed by atoms with van der Waals surface area (Å²) in [4.78, 5) is 12.3. The molecule has 1 amide bonds. The minimum atomic E-state index is -0.0680. The largest absolute Gasteiger partial charge is 0.495 e. The molecule has 0 spiro atoms. The maximum Gasteiger partial charge on any atom is 0.251 e. The third-order valence-corrected chi connectivity index (χ3v) is 3.55. The van der Waals surface area contributed by atoms with Crippen molar-refractivity contribution in [2.45, 2.75) is 32.2 Å². The van der Waals surface area contributed by atoms with Gasteiger partial charge in [-0.05, 0) is 37.5 Å². The predicted molar refractivity (Wildman–Crippen MR) is 83.2 cm³/mol. The lowest BCUT2D eigenvalue weighted by Crippen LogP contribution is -2.32. The molecule has 0 radical (unpaired) electrons. The molecule has 1 aliphatic rings. The molecule has 1 saturated carbocycles. The molecule has 3 N–H and O–H groups in total. The van der Waals surface area contributed by atoms with E-state index in [0.717, 1.165) is 12.3 Å². The summed E-state index contributed by atoms with van der Waals surface area (Å²) in [5, 5.41) is 3.04. The number of rotatable bonds is 5. The summed E-state index contributed by atoms with van der Waals surface area (Å²) in [5.41, 5.74) is 6.67. The second-order valence-corrected chi connectivity index (χ2v) is 5.47. The zero-order chi connectivity index (χ0) is 15.2. The SMILES string of the molecule is COc1ccc(C(=O)NC(C)CC2CC2)cc1C#CCN. The van der Waals surface area contributed by atoms with E-state index in [1.54, 1.807) is 25.3 Å². The molecule has 1 aromatic rings. The summed E-state index contributed by atoms with van der Waals surface area (Å²) in [6.07, 6.45) is 3.64. The molecule has 21 heavy (non-hydrogen) atoms. The van der Waals surface area contributed by atoms with Gasteiger partial charge in [-0.15, -0.1) is 0 Å². The van der Waals surface area contributed by atoms with Crippen molar-refractivity contribution in [2.24, 2.45) is 11.7 Å². The Balaban J connectivity index is 2.08. The Morgan fingerprint density at radius 2 is 2.29 bits per heavy atom. The number of amides is 1. The van der Waals surface area contributed by atoms with Gasteiger partial charge in [0.25, 0.3) is 5.91 Å². The molecule has 0 bridgehead atoms. The van der Waals surface area contributed by atoms with E-state index in [9.17, 15) is 4.79 Å². The highest BCUT2D eigenvalue weighted by Gasteiger charge is 2.24. The van der Waals surface area contributed by atoms with Gasteiger partial charge in [0.1, 0.15) is 5.75 Å². The van der Waals surface area contributed by atoms with E-state index in [0.29, 0.717) is 16.9 Å². The monoisotopic (exact) mass is 286 g/mol. The number of methoxy groups -OCH3 is 1. The number of nitrogens with one attached hydrogen (secondary N) is 1. The molecule has 0 aliphatic heterocycles. The van der Waals surface area contributed by atoms with Gasteiger partial charge in [-0.3, -0.25) is 4.79 Å². The molecule has 1 aromatic carbocycles. The van der Waals surface area contributed by atoms with Crippen LogP contribution in [0.4, 0.5) is 0 Å². The number of benzene rings is 1. The van der Waals surface area contributed by atoms with Crippen LogP contribution in [0.3, 0.4) is 0 Å². The zero-order valence-electron chi connectivity index (χ0n) is 12.6. The molecule has 1 atom stereocenters. The van der Waals surface area contributed by atoms with Crippen LogP contribution >= 0.6 is 0 Å². The number of nitrogens with two attached hydrogens (primary N) is 1. The van der Waals surface area contributed by atoms with Crippen LogP contribution in [0.25, 0.3) is 0 Å². The van der Waals surface area contributed by atoms with Gasteiger partial charge in [0.2, 0.25) is 0 Å². The lowest BCUT2D eigenvalue weighted by molar-refractivity contribution is 0.0937. The summed E-state index contributed by atoms with van der Waals surface area (Å²) >= 11 is 0. The standard InChI is InChI=1S/C17H22N2O2/c1-12(10-13-5-6-13)19-17(20)15-7-8-16(21-2)14(11-15)4-3-9-18/h7-8,11-13H,5-6,9-10,18H2,1-2H3,(H,19,20). The lowest BCUT2D eigenvalue weighted by Gasteiger charge is -2.14. The second-order valence-electron chi connectivity index (χ2n) is 5.47. The Bertz CT molecular complexity index is 568. The van der Waals surface area contributed by atoms with Crippen molar-refractivity contribution in [3.63, 3.8) is 0 Å². The van der Waals surface area contributed by atoms with Gasteiger partial charge in [-0.2, -0.15) is 0 Å². The van der Waals surface area contributed by atoms with Gasteiger partial charge in [-0.25, -0.2) is 0 Å². The van der Waals surface area contributed by atoms with Crippen LogP contribution in [0.15, 0.2) is 18.2 Å². The number of ether oxygens (including phenoxy) is 1. The summed E-state index contributed by atoms with van der Waals surface area (Å²) in [6, 6.07) is 5.47. The van der Waals surface area contributed by atoms with Crippen LogP contribution in [-0.4, -0.2) is 25.6 Å². The van der Waals surface area contributed by atoms with Gasteiger partial charge in [-0.1, -0.05) is 24.7 Å². The highest BCUT2D eigenvalue weighted by Crippen LogP contribution is 2.33. The Morgan fingerprint density at radius 1 is 1.52 bits per heavy atom. The maximum atomic E-state index is 12.3. The third-order valence-electron chi connectivity index (χ3n) is 3.55. The number of carbonyl (C=O) groups excluding carboxylic acids is 1. The Kier molecular flexibility index (Phi) is 5.24. The molecule has 2 rings (SSSR count). The van der Waals surface area contributed by atoms with Crippen LogP contribution in [0, 0.1) is 17.8 Å².